The first kappa shape index (κ1) is 17.9. The number of rotatable bonds is 3. The molecule has 3 aromatic carbocycles. The normalized spacial score (nSPS) is 11.8. The fourth-order valence-electron chi connectivity index (χ4n) is 4.08. The molecule has 3 aromatic heterocycles. The highest BCUT2D eigenvalue weighted by atomic mass is 16.4. The van der Waals surface area contributed by atoms with Crippen LogP contribution in [0.5, 0.6) is 0 Å². The quantitative estimate of drug-likeness (QED) is 0.305. The van der Waals surface area contributed by atoms with E-state index in [1.54, 1.807) is 0 Å². The van der Waals surface area contributed by atoms with E-state index in [0.29, 0.717) is 17.4 Å². The van der Waals surface area contributed by atoms with E-state index in [0.717, 1.165) is 44.3 Å². The molecule has 6 aromatic rings. The van der Waals surface area contributed by atoms with E-state index in [2.05, 4.69) is 49.2 Å². The maximum absolute atomic E-state index is 6.33. The molecular weight excluding hydrogens is 384 g/mol. The van der Waals surface area contributed by atoms with Crippen LogP contribution in [0.25, 0.3) is 55.7 Å². The summed E-state index contributed by atoms with van der Waals surface area (Å²) >= 11 is 0. The Morgan fingerprint density at radius 2 is 1.65 bits per heavy atom. The lowest BCUT2D eigenvalue weighted by Gasteiger charge is -2.07. The molecule has 0 radical (unpaired) electrons. The third-order valence-electron chi connectivity index (χ3n) is 5.75. The SMILES string of the molecule is CC(C)c1ccnc(-c2cccc3c2oc2cc4oc(-c5ccccc5)nc4cc23)c1. The van der Waals surface area contributed by atoms with Gasteiger partial charge in [0.2, 0.25) is 5.89 Å². The highest BCUT2D eigenvalue weighted by Crippen LogP contribution is 2.38. The van der Waals surface area contributed by atoms with E-state index in [1.165, 1.54) is 5.56 Å². The third-order valence-corrected chi connectivity index (χ3v) is 5.75. The Labute approximate surface area is 179 Å². The molecule has 150 valence electrons. The number of furan rings is 1. The molecule has 0 spiro atoms. The molecule has 0 atom stereocenters. The van der Waals surface area contributed by atoms with Gasteiger partial charge in [-0.3, -0.25) is 4.98 Å². The lowest BCUT2D eigenvalue weighted by molar-refractivity contribution is 0.617. The average Bonchev–Trinajstić information content (AvgIpc) is 3.38. The molecule has 0 N–H and O–H groups in total. The van der Waals surface area contributed by atoms with Crippen molar-refractivity contribution < 1.29 is 8.83 Å². The molecule has 0 aliphatic heterocycles. The standard InChI is InChI=1S/C27H20N2O2/c1-16(2)18-11-12-28-22(13-18)20-10-6-9-19-21-14-23-25(15-24(21)30-26(19)20)31-27(29-23)17-7-4-3-5-8-17/h3-16H,1-2H3. The Morgan fingerprint density at radius 1 is 0.774 bits per heavy atom. The molecule has 3 heterocycles. The van der Waals surface area contributed by atoms with Crippen molar-refractivity contribution in [1.29, 1.82) is 0 Å². The van der Waals surface area contributed by atoms with E-state index in [4.69, 9.17) is 13.8 Å². The molecule has 0 fully saturated rings. The van der Waals surface area contributed by atoms with Crippen molar-refractivity contribution in [1.82, 2.24) is 9.97 Å². The van der Waals surface area contributed by atoms with Crippen LogP contribution in [0.15, 0.2) is 87.8 Å². The van der Waals surface area contributed by atoms with Gasteiger partial charge in [0.25, 0.3) is 0 Å². The number of aromatic nitrogens is 2. The van der Waals surface area contributed by atoms with Crippen molar-refractivity contribution in [2.24, 2.45) is 0 Å². The van der Waals surface area contributed by atoms with Crippen molar-refractivity contribution in [3.05, 3.63) is 84.6 Å². The molecule has 0 aliphatic rings. The smallest absolute Gasteiger partial charge is 0.227 e. The van der Waals surface area contributed by atoms with E-state index in [9.17, 15) is 0 Å². The third kappa shape index (κ3) is 2.91. The Hall–Kier alpha value is -3.92. The van der Waals surface area contributed by atoms with Crippen LogP contribution in [0, 0.1) is 0 Å². The highest BCUT2D eigenvalue weighted by Gasteiger charge is 2.17. The van der Waals surface area contributed by atoms with Gasteiger partial charge in [0.1, 0.15) is 16.7 Å². The molecular formula is C27H20N2O2. The van der Waals surface area contributed by atoms with Crippen molar-refractivity contribution in [2.45, 2.75) is 19.8 Å². The first-order valence-electron chi connectivity index (χ1n) is 10.4. The second-order valence-electron chi connectivity index (χ2n) is 8.11. The van der Waals surface area contributed by atoms with Crippen molar-refractivity contribution in [3.8, 4) is 22.7 Å². The summed E-state index contributed by atoms with van der Waals surface area (Å²) in [6.45, 7) is 4.37. The average molecular weight is 404 g/mol. The van der Waals surface area contributed by atoms with Gasteiger partial charge in [0.15, 0.2) is 5.58 Å². The van der Waals surface area contributed by atoms with Gasteiger partial charge >= 0.3 is 0 Å². The van der Waals surface area contributed by atoms with Gasteiger partial charge in [0, 0.05) is 34.2 Å². The molecule has 0 unspecified atom stereocenters. The summed E-state index contributed by atoms with van der Waals surface area (Å²) in [6, 6.07) is 24.3. The molecule has 4 nitrogen and oxygen atoms in total. The van der Waals surface area contributed by atoms with Crippen LogP contribution in [0.4, 0.5) is 0 Å². The van der Waals surface area contributed by atoms with Crippen LogP contribution in [0.2, 0.25) is 0 Å². The van der Waals surface area contributed by atoms with E-state index < -0.39 is 0 Å². The maximum Gasteiger partial charge on any atom is 0.227 e. The van der Waals surface area contributed by atoms with Crippen molar-refractivity contribution >= 4 is 33.0 Å². The van der Waals surface area contributed by atoms with Gasteiger partial charge < -0.3 is 8.83 Å². The second kappa shape index (κ2) is 6.81. The summed E-state index contributed by atoms with van der Waals surface area (Å²) in [6.07, 6.45) is 1.87. The molecule has 6 rings (SSSR count). The van der Waals surface area contributed by atoms with Gasteiger partial charge in [-0.15, -0.1) is 0 Å². The Balaban J connectivity index is 1.55. The van der Waals surface area contributed by atoms with E-state index in [-0.39, 0.29) is 0 Å². The second-order valence-corrected chi connectivity index (χ2v) is 8.11. The van der Waals surface area contributed by atoms with Crippen LogP contribution in [0.1, 0.15) is 25.3 Å². The van der Waals surface area contributed by atoms with Crippen LogP contribution in [-0.2, 0) is 0 Å². The van der Waals surface area contributed by atoms with Crippen molar-refractivity contribution in [3.63, 3.8) is 0 Å². The highest BCUT2D eigenvalue weighted by molar-refractivity contribution is 6.12. The lowest BCUT2D eigenvalue weighted by atomic mass is 10.0. The largest absolute Gasteiger partial charge is 0.455 e. The van der Waals surface area contributed by atoms with Gasteiger partial charge in [-0.25, -0.2) is 4.98 Å². The summed E-state index contributed by atoms with van der Waals surface area (Å²) in [7, 11) is 0. The summed E-state index contributed by atoms with van der Waals surface area (Å²) in [5.74, 6) is 1.05. The zero-order chi connectivity index (χ0) is 20.9. The van der Waals surface area contributed by atoms with E-state index in [1.807, 2.05) is 48.7 Å². The molecule has 0 aliphatic carbocycles. The zero-order valence-corrected chi connectivity index (χ0v) is 17.3. The monoisotopic (exact) mass is 404 g/mol. The number of fused-ring (bicyclic) bond motifs is 4. The predicted octanol–water partition coefficient (Wildman–Crippen LogP) is 7.58. The molecule has 0 saturated heterocycles. The number of pyridine rings is 1. The van der Waals surface area contributed by atoms with Gasteiger partial charge in [-0.2, -0.15) is 0 Å². The number of para-hydroxylation sites is 1. The molecule has 31 heavy (non-hydrogen) atoms. The zero-order valence-electron chi connectivity index (χ0n) is 17.3. The molecule has 0 bridgehead atoms. The topological polar surface area (TPSA) is 52.1 Å². The number of benzene rings is 3. The fourth-order valence-corrected chi connectivity index (χ4v) is 4.08. The fraction of sp³-hybridized carbons (Fsp3) is 0.111. The minimum Gasteiger partial charge on any atom is -0.455 e. The Bertz CT molecular complexity index is 1560. The number of hydrogen-bond acceptors (Lipinski definition) is 4. The predicted molar refractivity (Wildman–Crippen MR) is 124 cm³/mol. The van der Waals surface area contributed by atoms with Gasteiger partial charge in [-0.05, 0) is 47.9 Å². The molecule has 0 saturated carbocycles. The summed E-state index contributed by atoms with van der Waals surface area (Å²) in [5, 5.41) is 2.08. The molecule has 0 amide bonds. The van der Waals surface area contributed by atoms with Gasteiger partial charge in [-0.1, -0.05) is 44.2 Å². The van der Waals surface area contributed by atoms with Gasteiger partial charge in [0.05, 0.1) is 5.69 Å². The Kier molecular flexibility index (Phi) is 3.93. The van der Waals surface area contributed by atoms with Crippen LogP contribution >= 0.6 is 0 Å². The minimum absolute atomic E-state index is 0.438. The number of hydrogen-bond donors (Lipinski definition) is 0. The number of oxazole rings is 1. The first-order valence-corrected chi connectivity index (χ1v) is 10.4. The van der Waals surface area contributed by atoms with Crippen molar-refractivity contribution in [2.75, 3.05) is 0 Å². The summed E-state index contributed by atoms with van der Waals surface area (Å²) in [4.78, 5) is 9.32. The number of nitrogens with zero attached hydrogens (tertiary/aromatic N) is 2. The van der Waals surface area contributed by atoms with Crippen LogP contribution in [0.3, 0.4) is 0 Å². The minimum atomic E-state index is 0.438. The molecule has 4 heteroatoms. The maximum atomic E-state index is 6.33. The van der Waals surface area contributed by atoms with E-state index >= 15 is 0 Å². The van der Waals surface area contributed by atoms with Crippen LogP contribution in [-0.4, -0.2) is 9.97 Å². The first-order chi connectivity index (χ1) is 15.2. The lowest BCUT2D eigenvalue weighted by Crippen LogP contribution is -1.90. The Morgan fingerprint density at radius 3 is 2.48 bits per heavy atom. The summed E-state index contributed by atoms with van der Waals surface area (Å²) in [5.41, 5.74) is 7.28. The van der Waals surface area contributed by atoms with Crippen LogP contribution < -0.4 is 0 Å². The summed E-state index contributed by atoms with van der Waals surface area (Å²) < 4.78 is 12.4.